The Morgan fingerprint density at radius 2 is 2.00 bits per heavy atom. The van der Waals surface area contributed by atoms with E-state index >= 15 is 0 Å². The molecule has 0 radical (unpaired) electrons. The van der Waals surface area contributed by atoms with Gasteiger partial charge in [-0.15, -0.1) is 0 Å². The molecule has 1 heterocycles. The zero-order valence-corrected chi connectivity index (χ0v) is 13.2. The van der Waals surface area contributed by atoms with Gasteiger partial charge in [-0.1, -0.05) is 28.9 Å². The molecule has 2 rings (SSSR count). The Bertz CT molecular complexity index is 454. The Labute approximate surface area is 122 Å². The van der Waals surface area contributed by atoms with Gasteiger partial charge >= 0.3 is 0 Å². The number of rotatable bonds is 3. The van der Waals surface area contributed by atoms with Crippen molar-refractivity contribution in [2.45, 2.75) is 45.4 Å². The summed E-state index contributed by atoms with van der Waals surface area (Å²) < 4.78 is 19.7. The summed E-state index contributed by atoms with van der Waals surface area (Å²) in [5.74, 6) is 0.555. The monoisotopic (exact) mass is 329 g/mol. The van der Waals surface area contributed by atoms with Crippen LogP contribution in [0, 0.1) is 17.7 Å². The lowest BCUT2D eigenvalue weighted by Gasteiger charge is -2.26. The number of benzene rings is 1. The third-order valence-corrected chi connectivity index (χ3v) is 5.02. The predicted molar refractivity (Wildman–Crippen MR) is 78.4 cm³/mol. The highest BCUT2D eigenvalue weighted by molar-refractivity contribution is 9.10. The number of ether oxygens (including phenoxy) is 1. The first-order chi connectivity index (χ1) is 8.90. The van der Waals surface area contributed by atoms with Crippen LogP contribution in [0.4, 0.5) is 4.39 Å². The molecule has 1 fully saturated rings. The van der Waals surface area contributed by atoms with Crippen LogP contribution in [-0.4, -0.2) is 18.2 Å². The maximum Gasteiger partial charge on any atom is 0.124 e. The lowest BCUT2D eigenvalue weighted by atomic mass is 9.81. The molecule has 0 bridgehead atoms. The average Bonchev–Trinajstić information content (AvgIpc) is 2.57. The molecular weight excluding hydrogens is 309 g/mol. The van der Waals surface area contributed by atoms with Crippen LogP contribution in [0.1, 0.15) is 26.3 Å². The first-order valence-electron chi connectivity index (χ1n) is 6.75. The van der Waals surface area contributed by atoms with Crippen LogP contribution in [0.15, 0.2) is 22.7 Å². The summed E-state index contributed by atoms with van der Waals surface area (Å²) in [5.41, 5.74) is 7.42. The normalized spacial score (nSPS) is 32.5. The molecule has 0 amide bonds. The molecule has 1 aromatic rings. The zero-order chi connectivity index (χ0) is 14.2. The van der Waals surface area contributed by atoms with Crippen molar-refractivity contribution in [1.82, 2.24) is 0 Å². The van der Waals surface area contributed by atoms with E-state index in [9.17, 15) is 4.39 Å². The van der Waals surface area contributed by atoms with Gasteiger partial charge < -0.3 is 10.5 Å². The third kappa shape index (κ3) is 3.18. The van der Waals surface area contributed by atoms with Gasteiger partial charge in [-0.25, -0.2) is 4.39 Å². The summed E-state index contributed by atoms with van der Waals surface area (Å²) >= 11 is 3.40. The standard InChI is InChI=1S/C15H21BrFNO/c1-8-9(2)19-10(3)15(8)14(18)6-11-4-5-12(17)7-13(11)16/h4-5,7-10,14-15H,6,18H2,1-3H3. The first-order valence-corrected chi connectivity index (χ1v) is 7.54. The SMILES string of the molecule is CC1OC(C)C(C(N)Cc2ccc(F)cc2Br)C1C. The molecule has 19 heavy (non-hydrogen) atoms. The number of halogens is 2. The van der Waals surface area contributed by atoms with Crippen LogP contribution in [-0.2, 0) is 11.2 Å². The molecular formula is C15H21BrFNO. The Balaban J connectivity index is 2.10. The van der Waals surface area contributed by atoms with E-state index in [4.69, 9.17) is 10.5 Å². The summed E-state index contributed by atoms with van der Waals surface area (Å²) in [7, 11) is 0. The van der Waals surface area contributed by atoms with Crippen molar-refractivity contribution in [1.29, 1.82) is 0 Å². The summed E-state index contributed by atoms with van der Waals surface area (Å²) in [6.07, 6.45) is 1.16. The van der Waals surface area contributed by atoms with E-state index in [1.54, 1.807) is 6.07 Å². The van der Waals surface area contributed by atoms with Gasteiger partial charge in [0.25, 0.3) is 0 Å². The first kappa shape index (κ1) is 14.9. The van der Waals surface area contributed by atoms with E-state index < -0.39 is 0 Å². The Kier molecular flexibility index (Phi) is 4.64. The molecule has 1 aliphatic rings. The predicted octanol–water partition coefficient (Wildman–Crippen LogP) is 3.52. The Morgan fingerprint density at radius 1 is 1.32 bits per heavy atom. The smallest absolute Gasteiger partial charge is 0.124 e. The molecule has 4 heteroatoms. The quantitative estimate of drug-likeness (QED) is 0.920. The molecule has 106 valence electrons. The van der Waals surface area contributed by atoms with Crippen LogP contribution in [0.5, 0.6) is 0 Å². The Morgan fingerprint density at radius 3 is 2.53 bits per heavy atom. The van der Waals surface area contributed by atoms with Gasteiger partial charge in [-0.05, 0) is 43.9 Å². The van der Waals surface area contributed by atoms with Crippen molar-refractivity contribution in [3.05, 3.63) is 34.1 Å². The summed E-state index contributed by atoms with van der Waals surface area (Å²) in [5, 5.41) is 0. The van der Waals surface area contributed by atoms with E-state index in [0.717, 1.165) is 16.5 Å². The molecule has 0 aliphatic carbocycles. The fraction of sp³-hybridized carbons (Fsp3) is 0.600. The highest BCUT2D eigenvalue weighted by atomic mass is 79.9. The lowest BCUT2D eigenvalue weighted by Crippen LogP contribution is -2.39. The fourth-order valence-electron chi connectivity index (χ4n) is 3.11. The van der Waals surface area contributed by atoms with Crippen molar-refractivity contribution in [3.8, 4) is 0 Å². The van der Waals surface area contributed by atoms with E-state index in [1.165, 1.54) is 12.1 Å². The number of hydrogen-bond donors (Lipinski definition) is 1. The second kappa shape index (κ2) is 5.90. The molecule has 0 spiro atoms. The van der Waals surface area contributed by atoms with Crippen LogP contribution in [0.2, 0.25) is 0 Å². The van der Waals surface area contributed by atoms with E-state index in [1.807, 2.05) is 0 Å². The van der Waals surface area contributed by atoms with Crippen molar-refractivity contribution in [3.63, 3.8) is 0 Å². The molecule has 1 aliphatic heterocycles. The largest absolute Gasteiger partial charge is 0.375 e. The highest BCUT2D eigenvalue weighted by Gasteiger charge is 2.40. The molecule has 1 aromatic carbocycles. The van der Waals surface area contributed by atoms with Crippen LogP contribution >= 0.6 is 15.9 Å². The van der Waals surface area contributed by atoms with Crippen molar-refractivity contribution < 1.29 is 9.13 Å². The van der Waals surface area contributed by atoms with Gasteiger partial charge in [-0.3, -0.25) is 0 Å². The zero-order valence-electron chi connectivity index (χ0n) is 11.6. The van der Waals surface area contributed by atoms with Gasteiger partial charge in [0.05, 0.1) is 12.2 Å². The van der Waals surface area contributed by atoms with Crippen LogP contribution in [0.3, 0.4) is 0 Å². The summed E-state index contributed by atoms with van der Waals surface area (Å²) in [4.78, 5) is 0. The van der Waals surface area contributed by atoms with Crippen LogP contribution < -0.4 is 5.73 Å². The van der Waals surface area contributed by atoms with E-state index in [0.29, 0.717) is 11.8 Å². The number of hydrogen-bond acceptors (Lipinski definition) is 2. The van der Waals surface area contributed by atoms with E-state index in [-0.39, 0.29) is 24.1 Å². The summed E-state index contributed by atoms with van der Waals surface area (Å²) in [6.45, 7) is 6.38. The van der Waals surface area contributed by atoms with Gasteiger partial charge in [0.1, 0.15) is 5.82 Å². The van der Waals surface area contributed by atoms with Gasteiger partial charge in [0.15, 0.2) is 0 Å². The molecule has 1 saturated heterocycles. The topological polar surface area (TPSA) is 35.2 Å². The lowest BCUT2D eigenvalue weighted by molar-refractivity contribution is 0.0490. The van der Waals surface area contributed by atoms with Crippen LogP contribution in [0.25, 0.3) is 0 Å². The molecule has 2 N–H and O–H groups in total. The minimum absolute atomic E-state index is 0.0247. The maximum absolute atomic E-state index is 13.1. The van der Waals surface area contributed by atoms with Gasteiger partial charge in [-0.2, -0.15) is 0 Å². The molecule has 2 nitrogen and oxygen atoms in total. The second-order valence-corrected chi connectivity index (χ2v) is 6.44. The van der Waals surface area contributed by atoms with Crippen molar-refractivity contribution in [2.75, 3.05) is 0 Å². The third-order valence-electron chi connectivity index (χ3n) is 4.28. The van der Waals surface area contributed by atoms with Gasteiger partial charge in [0.2, 0.25) is 0 Å². The van der Waals surface area contributed by atoms with E-state index in [2.05, 4.69) is 36.7 Å². The molecule has 5 unspecified atom stereocenters. The number of nitrogens with two attached hydrogens (primary N) is 1. The van der Waals surface area contributed by atoms with Crippen molar-refractivity contribution in [2.24, 2.45) is 17.6 Å². The highest BCUT2D eigenvalue weighted by Crippen LogP contribution is 2.35. The summed E-state index contributed by atoms with van der Waals surface area (Å²) in [6, 6.07) is 4.79. The van der Waals surface area contributed by atoms with Crippen molar-refractivity contribution >= 4 is 15.9 Å². The molecule has 5 atom stereocenters. The second-order valence-electron chi connectivity index (χ2n) is 5.59. The minimum Gasteiger partial charge on any atom is -0.375 e. The maximum atomic E-state index is 13.1. The molecule has 0 aromatic heterocycles. The Hall–Kier alpha value is -0.450. The molecule has 0 saturated carbocycles. The minimum atomic E-state index is -0.233. The van der Waals surface area contributed by atoms with Gasteiger partial charge in [0, 0.05) is 16.4 Å². The average molecular weight is 330 g/mol. The fourth-order valence-corrected chi connectivity index (χ4v) is 3.62.